The lowest BCUT2D eigenvalue weighted by atomic mass is 10.1. The SMILES string of the molecule is CCC(CSC)N(C)Cc1ccc(Br)cc1F. The monoisotopic (exact) mass is 319 g/mol. The standard InChI is InChI=1S/C13H19BrFNS/c1-4-12(9-17-3)16(2)8-10-5-6-11(14)7-13(10)15/h5-7,12H,4,8-9H2,1-3H3. The van der Waals surface area contributed by atoms with E-state index in [2.05, 4.69) is 41.1 Å². The summed E-state index contributed by atoms with van der Waals surface area (Å²) in [5, 5.41) is 0. The lowest BCUT2D eigenvalue weighted by Crippen LogP contribution is -2.32. The van der Waals surface area contributed by atoms with Crippen LogP contribution in [-0.4, -0.2) is 30.0 Å². The maximum absolute atomic E-state index is 13.7. The maximum atomic E-state index is 13.7. The van der Waals surface area contributed by atoms with E-state index in [1.165, 1.54) is 6.07 Å². The summed E-state index contributed by atoms with van der Waals surface area (Å²) in [4.78, 5) is 2.23. The molecule has 0 spiro atoms. The van der Waals surface area contributed by atoms with Crippen LogP contribution in [0.4, 0.5) is 4.39 Å². The average molecular weight is 320 g/mol. The van der Waals surface area contributed by atoms with Gasteiger partial charge < -0.3 is 0 Å². The molecule has 0 amide bonds. The van der Waals surface area contributed by atoms with Gasteiger partial charge in [-0.1, -0.05) is 28.9 Å². The molecule has 0 heterocycles. The van der Waals surface area contributed by atoms with Crippen molar-refractivity contribution in [1.29, 1.82) is 0 Å². The Hall–Kier alpha value is -0.0600. The lowest BCUT2D eigenvalue weighted by Gasteiger charge is -2.26. The zero-order chi connectivity index (χ0) is 12.8. The van der Waals surface area contributed by atoms with Gasteiger partial charge in [0, 0.05) is 28.4 Å². The Bertz CT molecular complexity index is 359. The third-order valence-corrected chi connectivity index (χ3v) is 4.10. The summed E-state index contributed by atoms with van der Waals surface area (Å²) in [6, 6.07) is 5.77. The molecule has 0 radical (unpaired) electrons. The van der Waals surface area contributed by atoms with Gasteiger partial charge in [0.2, 0.25) is 0 Å². The van der Waals surface area contributed by atoms with Crippen molar-refractivity contribution in [3.05, 3.63) is 34.1 Å². The number of benzene rings is 1. The van der Waals surface area contributed by atoms with Gasteiger partial charge in [-0.15, -0.1) is 0 Å². The molecular weight excluding hydrogens is 301 g/mol. The van der Waals surface area contributed by atoms with E-state index in [0.29, 0.717) is 12.6 Å². The van der Waals surface area contributed by atoms with E-state index in [9.17, 15) is 4.39 Å². The molecule has 0 aromatic heterocycles. The van der Waals surface area contributed by atoms with E-state index < -0.39 is 0 Å². The van der Waals surface area contributed by atoms with Gasteiger partial charge in [-0.3, -0.25) is 4.90 Å². The predicted molar refractivity (Wildman–Crippen MR) is 78.0 cm³/mol. The van der Waals surface area contributed by atoms with Crippen LogP contribution in [0.5, 0.6) is 0 Å². The molecule has 0 aliphatic heterocycles. The highest BCUT2D eigenvalue weighted by atomic mass is 79.9. The minimum absolute atomic E-state index is 0.134. The Morgan fingerprint density at radius 3 is 2.71 bits per heavy atom. The van der Waals surface area contributed by atoms with Crippen molar-refractivity contribution >= 4 is 27.7 Å². The molecular formula is C13H19BrFNS. The van der Waals surface area contributed by atoms with Crippen LogP contribution in [-0.2, 0) is 6.54 Å². The molecule has 1 nitrogen and oxygen atoms in total. The maximum Gasteiger partial charge on any atom is 0.128 e. The number of hydrogen-bond donors (Lipinski definition) is 0. The Morgan fingerprint density at radius 2 is 2.18 bits per heavy atom. The topological polar surface area (TPSA) is 3.24 Å². The van der Waals surface area contributed by atoms with E-state index in [0.717, 1.165) is 22.2 Å². The Balaban J connectivity index is 2.69. The fourth-order valence-corrected chi connectivity index (χ4v) is 3.00. The molecule has 17 heavy (non-hydrogen) atoms. The van der Waals surface area contributed by atoms with Gasteiger partial charge in [-0.2, -0.15) is 11.8 Å². The second kappa shape index (κ2) is 7.39. The molecule has 0 saturated heterocycles. The summed E-state index contributed by atoms with van der Waals surface area (Å²) < 4.78 is 14.5. The van der Waals surface area contributed by atoms with Gasteiger partial charge in [0.05, 0.1) is 0 Å². The minimum Gasteiger partial charge on any atom is -0.298 e. The molecule has 0 aliphatic carbocycles. The molecule has 0 bridgehead atoms. The van der Waals surface area contributed by atoms with Crippen LogP contribution >= 0.6 is 27.7 Å². The molecule has 1 atom stereocenters. The van der Waals surface area contributed by atoms with Gasteiger partial charge >= 0.3 is 0 Å². The Kier molecular flexibility index (Phi) is 6.52. The third-order valence-electron chi connectivity index (χ3n) is 2.89. The normalized spacial score (nSPS) is 13.1. The molecule has 96 valence electrons. The van der Waals surface area contributed by atoms with Crippen LogP contribution in [0.1, 0.15) is 18.9 Å². The van der Waals surface area contributed by atoms with Gasteiger partial charge in [0.15, 0.2) is 0 Å². The summed E-state index contributed by atoms with van der Waals surface area (Å²) in [5.74, 6) is 0.954. The summed E-state index contributed by atoms with van der Waals surface area (Å²) in [7, 11) is 2.06. The lowest BCUT2D eigenvalue weighted by molar-refractivity contribution is 0.244. The molecule has 0 fully saturated rings. The van der Waals surface area contributed by atoms with Crippen LogP contribution in [0, 0.1) is 5.82 Å². The molecule has 0 N–H and O–H groups in total. The number of rotatable bonds is 6. The quantitative estimate of drug-likeness (QED) is 0.774. The molecule has 1 aromatic rings. The van der Waals surface area contributed by atoms with Crippen LogP contribution in [0.2, 0.25) is 0 Å². The highest BCUT2D eigenvalue weighted by Crippen LogP contribution is 2.18. The van der Waals surface area contributed by atoms with Gasteiger partial charge in [-0.05, 0) is 31.9 Å². The van der Waals surface area contributed by atoms with Gasteiger partial charge in [-0.25, -0.2) is 4.39 Å². The molecule has 1 unspecified atom stereocenters. The largest absolute Gasteiger partial charge is 0.298 e. The molecule has 1 aromatic carbocycles. The zero-order valence-electron chi connectivity index (χ0n) is 10.5. The summed E-state index contributed by atoms with van der Waals surface area (Å²) in [5.41, 5.74) is 0.759. The second-order valence-electron chi connectivity index (χ2n) is 4.17. The molecule has 0 aliphatic rings. The molecule has 4 heteroatoms. The van der Waals surface area contributed by atoms with Crippen molar-refractivity contribution in [2.75, 3.05) is 19.1 Å². The van der Waals surface area contributed by atoms with Crippen molar-refractivity contribution in [2.24, 2.45) is 0 Å². The first-order valence-corrected chi connectivity index (χ1v) is 7.90. The summed E-state index contributed by atoms with van der Waals surface area (Å²) in [6.45, 7) is 2.84. The first-order valence-electron chi connectivity index (χ1n) is 5.71. The first-order chi connectivity index (χ1) is 8.08. The summed E-state index contributed by atoms with van der Waals surface area (Å²) in [6.07, 6.45) is 3.20. The fourth-order valence-electron chi connectivity index (χ4n) is 1.80. The predicted octanol–water partition coefficient (Wildman–Crippen LogP) is 4.16. The van der Waals surface area contributed by atoms with Crippen molar-refractivity contribution in [3.63, 3.8) is 0 Å². The number of hydrogen-bond acceptors (Lipinski definition) is 2. The van der Waals surface area contributed by atoms with E-state index in [-0.39, 0.29) is 5.82 Å². The smallest absolute Gasteiger partial charge is 0.128 e. The van der Waals surface area contributed by atoms with Crippen molar-refractivity contribution in [3.8, 4) is 0 Å². The van der Waals surface area contributed by atoms with Crippen molar-refractivity contribution in [1.82, 2.24) is 4.90 Å². The van der Waals surface area contributed by atoms with Gasteiger partial charge in [0.25, 0.3) is 0 Å². The van der Waals surface area contributed by atoms with Crippen LogP contribution in [0.25, 0.3) is 0 Å². The zero-order valence-corrected chi connectivity index (χ0v) is 12.9. The van der Waals surface area contributed by atoms with Crippen LogP contribution in [0.15, 0.2) is 22.7 Å². The van der Waals surface area contributed by atoms with Gasteiger partial charge in [0.1, 0.15) is 5.82 Å². The second-order valence-corrected chi connectivity index (χ2v) is 5.99. The van der Waals surface area contributed by atoms with E-state index in [1.54, 1.807) is 0 Å². The first kappa shape index (κ1) is 15.0. The number of thioether (sulfide) groups is 1. The Labute approximate surface area is 116 Å². The average Bonchev–Trinajstić information content (AvgIpc) is 2.29. The van der Waals surface area contributed by atoms with Crippen LogP contribution < -0.4 is 0 Å². The molecule has 0 saturated carbocycles. The number of halogens is 2. The van der Waals surface area contributed by atoms with Crippen molar-refractivity contribution in [2.45, 2.75) is 25.9 Å². The van der Waals surface area contributed by atoms with Crippen molar-refractivity contribution < 1.29 is 4.39 Å². The number of nitrogens with zero attached hydrogens (tertiary/aromatic N) is 1. The highest BCUT2D eigenvalue weighted by molar-refractivity contribution is 9.10. The third kappa shape index (κ3) is 4.60. The van der Waals surface area contributed by atoms with Crippen LogP contribution in [0.3, 0.4) is 0 Å². The summed E-state index contributed by atoms with van der Waals surface area (Å²) >= 11 is 5.11. The fraction of sp³-hybridized carbons (Fsp3) is 0.538. The van der Waals surface area contributed by atoms with E-state index in [1.807, 2.05) is 23.9 Å². The van der Waals surface area contributed by atoms with E-state index >= 15 is 0 Å². The Morgan fingerprint density at radius 1 is 1.47 bits per heavy atom. The minimum atomic E-state index is -0.134. The molecule has 1 rings (SSSR count). The highest BCUT2D eigenvalue weighted by Gasteiger charge is 2.14. The van der Waals surface area contributed by atoms with E-state index in [4.69, 9.17) is 0 Å².